The van der Waals surface area contributed by atoms with Gasteiger partial charge in [0.25, 0.3) is 5.79 Å². The molecule has 0 fully saturated rings. The largest absolute Gasteiger partial charge is 0.463 e. The Balaban J connectivity index is 1.90. The van der Waals surface area contributed by atoms with Crippen molar-refractivity contribution in [3.8, 4) is 0 Å². The molecule has 2 N–H and O–H groups in total. The number of aliphatic imine (C=N–C) groups is 1. The highest BCUT2D eigenvalue weighted by Crippen LogP contribution is 2.25. The number of carbonyl (C=O) groups excluding carboxylic acids is 1. The van der Waals surface area contributed by atoms with E-state index in [2.05, 4.69) is 20.7 Å². The predicted octanol–water partition coefficient (Wildman–Crippen LogP) is 1.92. The zero-order valence-corrected chi connectivity index (χ0v) is 13.1. The lowest BCUT2D eigenvalue weighted by atomic mass is 10.1. The highest BCUT2D eigenvalue weighted by Gasteiger charge is 2.38. The van der Waals surface area contributed by atoms with Gasteiger partial charge in [0.2, 0.25) is 5.91 Å². The molecule has 0 bridgehead atoms. The topological polar surface area (TPSA) is 84.5 Å². The Kier molecular flexibility index (Phi) is 4.01. The number of hydrogen-bond donors (Lipinski definition) is 2. The first-order chi connectivity index (χ1) is 11.1. The molecule has 0 aromatic carbocycles. The van der Waals surface area contributed by atoms with Crippen LogP contribution in [0.3, 0.4) is 0 Å². The molecule has 0 radical (unpaired) electrons. The maximum absolute atomic E-state index is 12.3. The van der Waals surface area contributed by atoms with Gasteiger partial charge in [-0.15, -0.1) is 0 Å². The minimum absolute atomic E-state index is 0.109. The van der Waals surface area contributed by atoms with Gasteiger partial charge in [-0.25, -0.2) is 9.67 Å². The van der Waals surface area contributed by atoms with Gasteiger partial charge in [-0.3, -0.25) is 4.79 Å². The second kappa shape index (κ2) is 6.12. The maximum Gasteiger partial charge on any atom is 0.269 e. The normalized spacial score (nSPS) is 20.2. The monoisotopic (exact) mass is 313 g/mol. The fourth-order valence-electron chi connectivity index (χ4n) is 2.38. The first-order valence-corrected chi connectivity index (χ1v) is 7.48. The van der Waals surface area contributed by atoms with Crippen molar-refractivity contribution in [2.75, 3.05) is 0 Å². The van der Waals surface area contributed by atoms with Crippen molar-refractivity contribution in [3.05, 3.63) is 48.7 Å². The number of nitrogens with zero attached hydrogens (tertiary/aromatic N) is 3. The summed E-state index contributed by atoms with van der Waals surface area (Å²) in [6.45, 7) is 3.98. The van der Waals surface area contributed by atoms with E-state index in [1.54, 1.807) is 47.8 Å². The van der Waals surface area contributed by atoms with Gasteiger partial charge in [-0.2, -0.15) is 5.10 Å². The molecule has 23 heavy (non-hydrogen) atoms. The van der Waals surface area contributed by atoms with Crippen molar-refractivity contribution < 1.29 is 9.21 Å². The molecule has 3 heterocycles. The average molecular weight is 313 g/mol. The SMILES string of the molecule is CC(C)CC(=O)NC1(c2ccco2)N=CC=C(n2cccn2)N1. The summed E-state index contributed by atoms with van der Waals surface area (Å²) in [5.41, 5.74) is 0. The first kappa shape index (κ1) is 15.1. The Morgan fingerprint density at radius 3 is 3.00 bits per heavy atom. The third-order valence-corrected chi connectivity index (χ3v) is 3.35. The summed E-state index contributed by atoms with van der Waals surface area (Å²) < 4.78 is 7.16. The van der Waals surface area contributed by atoms with E-state index in [-0.39, 0.29) is 11.8 Å². The Bertz CT molecular complexity index is 716. The molecular formula is C16H19N5O2. The summed E-state index contributed by atoms with van der Waals surface area (Å²) in [4.78, 5) is 16.7. The van der Waals surface area contributed by atoms with Crippen molar-refractivity contribution in [1.29, 1.82) is 0 Å². The van der Waals surface area contributed by atoms with Gasteiger partial charge in [0, 0.05) is 25.0 Å². The van der Waals surface area contributed by atoms with Crippen molar-refractivity contribution in [1.82, 2.24) is 20.4 Å². The predicted molar refractivity (Wildman–Crippen MR) is 86.1 cm³/mol. The average Bonchev–Trinajstić information content (AvgIpc) is 3.20. The highest BCUT2D eigenvalue weighted by atomic mass is 16.3. The van der Waals surface area contributed by atoms with Crippen LogP contribution in [0.5, 0.6) is 0 Å². The van der Waals surface area contributed by atoms with Crippen molar-refractivity contribution in [3.63, 3.8) is 0 Å². The van der Waals surface area contributed by atoms with E-state index in [0.717, 1.165) is 0 Å². The van der Waals surface area contributed by atoms with Gasteiger partial charge in [0.15, 0.2) is 5.76 Å². The van der Waals surface area contributed by atoms with Gasteiger partial charge in [-0.05, 0) is 30.2 Å². The van der Waals surface area contributed by atoms with Gasteiger partial charge >= 0.3 is 0 Å². The quantitative estimate of drug-likeness (QED) is 0.883. The van der Waals surface area contributed by atoms with Crippen LogP contribution in [0.2, 0.25) is 0 Å². The summed E-state index contributed by atoms with van der Waals surface area (Å²) >= 11 is 0. The van der Waals surface area contributed by atoms with E-state index in [1.165, 1.54) is 0 Å². The molecule has 1 aliphatic rings. The van der Waals surface area contributed by atoms with E-state index >= 15 is 0 Å². The molecule has 7 nitrogen and oxygen atoms in total. The summed E-state index contributed by atoms with van der Waals surface area (Å²) in [6, 6.07) is 5.35. The minimum Gasteiger partial charge on any atom is -0.463 e. The minimum atomic E-state index is -1.18. The van der Waals surface area contributed by atoms with Gasteiger partial charge in [-0.1, -0.05) is 13.8 Å². The van der Waals surface area contributed by atoms with Crippen molar-refractivity contribution in [2.24, 2.45) is 10.9 Å². The molecular weight excluding hydrogens is 294 g/mol. The van der Waals surface area contributed by atoms with Crippen LogP contribution in [0.25, 0.3) is 5.82 Å². The molecule has 3 rings (SSSR count). The number of furan rings is 1. The van der Waals surface area contributed by atoms with Gasteiger partial charge in [0.05, 0.1) is 6.26 Å². The van der Waals surface area contributed by atoms with E-state index in [0.29, 0.717) is 18.0 Å². The number of amides is 1. The molecule has 0 saturated heterocycles. The van der Waals surface area contributed by atoms with Crippen LogP contribution in [0.15, 0.2) is 52.3 Å². The lowest BCUT2D eigenvalue weighted by Gasteiger charge is -2.33. The zero-order chi connectivity index (χ0) is 16.3. The molecule has 1 atom stereocenters. The van der Waals surface area contributed by atoms with Gasteiger partial charge < -0.3 is 15.1 Å². The van der Waals surface area contributed by atoms with Crippen LogP contribution in [0.1, 0.15) is 26.0 Å². The molecule has 120 valence electrons. The van der Waals surface area contributed by atoms with Crippen LogP contribution in [0, 0.1) is 5.92 Å². The molecule has 2 aromatic heterocycles. The number of hydrogen-bond acceptors (Lipinski definition) is 5. The second-order valence-electron chi connectivity index (χ2n) is 5.74. The fourth-order valence-corrected chi connectivity index (χ4v) is 2.38. The molecule has 1 amide bonds. The van der Waals surface area contributed by atoms with E-state index < -0.39 is 5.79 Å². The smallest absolute Gasteiger partial charge is 0.269 e. The molecule has 2 aromatic rings. The summed E-state index contributed by atoms with van der Waals surface area (Å²) in [6.07, 6.45) is 8.85. The standard InChI is InChI=1S/C16H19N5O2/c1-12(2)11-15(22)20-16(13-5-3-10-23-13)17-8-6-14(19-16)21-9-4-7-18-21/h3-10,12,19H,11H2,1-2H3,(H,20,22). The van der Waals surface area contributed by atoms with Crippen LogP contribution in [-0.4, -0.2) is 21.9 Å². The Morgan fingerprint density at radius 2 is 2.35 bits per heavy atom. The van der Waals surface area contributed by atoms with E-state index in [4.69, 9.17) is 4.42 Å². The zero-order valence-electron chi connectivity index (χ0n) is 13.1. The lowest BCUT2D eigenvalue weighted by molar-refractivity contribution is -0.124. The number of allylic oxidation sites excluding steroid dienone is 1. The Hall–Kier alpha value is -2.83. The molecule has 0 aliphatic carbocycles. The van der Waals surface area contributed by atoms with E-state index in [9.17, 15) is 4.79 Å². The van der Waals surface area contributed by atoms with Crippen LogP contribution in [0.4, 0.5) is 0 Å². The van der Waals surface area contributed by atoms with Crippen LogP contribution in [-0.2, 0) is 10.6 Å². The van der Waals surface area contributed by atoms with Crippen molar-refractivity contribution >= 4 is 17.9 Å². The van der Waals surface area contributed by atoms with Crippen molar-refractivity contribution in [2.45, 2.75) is 26.1 Å². The van der Waals surface area contributed by atoms with E-state index in [1.807, 2.05) is 19.9 Å². The third-order valence-electron chi connectivity index (χ3n) is 3.35. The number of rotatable bonds is 5. The van der Waals surface area contributed by atoms with Crippen LogP contribution < -0.4 is 10.6 Å². The number of aromatic nitrogens is 2. The molecule has 1 aliphatic heterocycles. The summed E-state index contributed by atoms with van der Waals surface area (Å²) in [7, 11) is 0. The number of carbonyl (C=O) groups is 1. The lowest BCUT2D eigenvalue weighted by Crippen LogP contribution is -2.55. The molecule has 0 saturated carbocycles. The Morgan fingerprint density at radius 1 is 1.48 bits per heavy atom. The summed E-state index contributed by atoms with van der Waals surface area (Å²) in [5, 5.41) is 10.3. The summed E-state index contributed by atoms with van der Waals surface area (Å²) in [5.74, 6) is 0.154. The molecule has 0 spiro atoms. The molecule has 7 heteroatoms. The second-order valence-corrected chi connectivity index (χ2v) is 5.74. The maximum atomic E-state index is 12.3. The first-order valence-electron chi connectivity index (χ1n) is 7.48. The Labute approximate surface area is 134 Å². The third kappa shape index (κ3) is 3.18. The number of nitrogens with one attached hydrogen (secondary N) is 2. The van der Waals surface area contributed by atoms with Crippen LogP contribution >= 0.6 is 0 Å². The fraction of sp³-hybridized carbons (Fsp3) is 0.312. The molecule has 1 unspecified atom stereocenters. The highest BCUT2D eigenvalue weighted by molar-refractivity contribution is 5.83. The van der Waals surface area contributed by atoms with Gasteiger partial charge in [0.1, 0.15) is 5.82 Å².